The van der Waals surface area contributed by atoms with Gasteiger partial charge in [0.2, 0.25) is 0 Å². The van der Waals surface area contributed by atoms with Crippen LogP contribution in [-0.2, 0) is 0 Å². The fraction of sp³-hybridized carbons (Fsp3) is 0.100. The molecule has 1 heterocycles. The summed E-state index contributed by atoms with van der Waals surface area (Å²) in [5.41, 5.74) is 4.09. The van der Waals surface area contributed by atoms with Crippen LogP contribution in [-0.4, -0.2) is 15.6 Å². The van der Waals surface area contributed by atoms with Crippen LogP contribution >= 0.6 is 0 Å². The Morgan fingerprint density at radius 2 is 1.79 bits per heavy atom. The molecule has 24 heavy (non-hydrogen) atoms. The summed E-state index contributed by atoms with van der Waals surface area (Å²) in [5.74, 6) is -0.412. The molecule has 4 heteroatoms. The Morgan fingerprint density at radius 1 is 1.08 bits per heavy atom. The van der Waals surface area contributed by atoms with Gasteiger partial charge in [0.25, 0.3) is 0 Å². The molecule has 1 aromatic heterocycles. The lowest BCUT2D eigenvalue weighted by Gasteiger charge is -2.04. The van der Waals surface area contributed by atoms with E-state index in [4.69, 9.17) is 0 Å². The Labute approximate surface area is 140 Å². The van der Waals surface area contributed by atoms with E-state index >= 15 is 0 Å². The molecule has 0 fully saturated rings. The minimum atomic E-state index is -0.305. The number of hydrogen-bond acceptors (Lipinski definition) is 2. The van der Waals surface area contributed by atoms with Gasteiger partial charge in [-0.25, -0.2) is 9.07 Å². The summed E-state index contributed by atoms with van der Waals surface area (Å²) in [7, 11) is 0. The average molecular weight is 320 g/mol. The van der Waals surface area contributed by atoms with E-state index in [0.717, 1.165) is 22.5 Å². The zero-order valence-electron chi connectivity index (χ0n) is 13.5. The van der Waals surface area contributed by atoms with Crippen LogP contribution in [0.2, 0.25) is 0 Å². The lowest BCUT2D eigenvalue weighted by molar-refractivity contribution is 0.104. The summed E-state index contributed by atoms with van der Waals surface area (Å²) < 4.78 is 14.7. The SMILES string of the molecule is Cc1ccccc1/C=C/C(=O)c1cnn(-c2ccc(F)cc2)c1C. The predicted molar refractivity (Wildman–Crippen MR) is 92.8 cm³/mol. The minimum Gasteiger partial charge on any atom is -0.289 e. The number of nitrogens with zero attached hydrogens (tertiary/aromatic N) is 2. The highest BCUT2D eigenvalue weighted by Crippen LogP contribution is 2.16. The van der Waals surface area contributed by atoms with Gasteiger partial charge < -0.3 is 0 Å². The van der Waals surface area contributed by atoms with Crippen molar-refractivity contribution in [1.82, 2.24) is 9.78 Å². The van der Waals surface area contributed by atoms with E-state index in [-0.39, 0.29) is 11.6 Å². The molecule has 0 N–H and O–H groups in total. The van der Waals surface area contributed by atoms with Crippen molar-refractivity contribution in [2.24, 2.45) is 0 Å². The highest BCUT2D eigenvalue weighted by molar-refractivity contribution is 6.07. The maximum atomic E-state index is 13.0. The van der Waals surface area contributed by atoms with Gasteiger partial charge in [-0.1, -0.05) is 30.3 Å². The van der Waals surface area contributed by atoms with Gasteiger partial charge in [0.1, 0.15) is 5.82 Å². The quantitative estimate of drug-likeness (QED) is 0.523. The van der Waals surface area contributed by atoms with Crippen molar-refractivity contribution in [2.45, 2.75) is 13.8 Å². The molecule has 0 bridgehead atoms. The van der Waals surface area contributed by atoms with Gasteiger partial charge in [0.05, 0.1) is 23.1 Å². The van der Waals surface area contributed by atoms with E-state index in [1.54, 1.807) is 29.1 Å². The Hall–Kier alpha value is -3.01. The third-order valence-electron chi connectivity index (χ3n) is 3.95. The van der Waals surface area contributed by atoms with Crippen LogP contribution < -0.4 is 0 Å². The Bertz CT molecular complexity index is 908. The first kappa shape index (κ1) is 15.9. The van der Waals surface area contributed by atoms with E-state index in [9.17, 15) is 9.18 Å². The molecule has 3 nitrogen and oxygen atoms in total. The normalized spacial score (nSPS) is 11.1. The van der Waals surface area contributed by atoms with Gasteiger partial charge in [-0.05, 0) is 55.3 Å². The van der Waals surface area contributed by atoms with Gasteiger partial charge in [0.15, 0.2) is 5.78 Å². The zero-order valence-corrected chi connectivity index (χ0v) is 13.5. The second-order valence-corrected chi connectivity index (χ2v) is 5.59. The van der Waals surface area contributed by atoms with Gasteiger partial charge in [-0.3, -0.25) is 4.79 Å². The number of aromatic nitrogens is 2. The Kier molecular flexibility index (Phi) is 4.38. The van der Waals surface area contributed by atoms with Crippen LogP contribution in [0, 0.1) is 19.7 Å². The predicted octanol–water partition coefficient (Wildman–Crippen LogP) is 4.52. The number of hydrogen-bond donors (Lipinski definition) is 0. The molecule has 0 aliphatic carbocycles. The van der Waals surface area contributed by atoms with Crippen molar-refractivity contribution in [2.75, 3.05) is 0 Å². The molecule has 0 unspecified atom stereocenters. The minimum absolute atomic E-state index is 0.107. The maximum Gasteiger partial charge on any atom is 0.189 e. The first-order chi connectivity index (χ1) is 11.6. The molecular formula is C20H17FN2O. The standard InChI is InChI=1S/C20H17FN2O/c1-14-5-3-4-6-16(14)7-12-20(24)19-13-22-23(15(19)2)18-10-8-17(21)9-11-18/h3-13H,1-2H3/b12-7+. The molecule has 3 rings (SSSR count). The number of benzene rings is 2. The monoisotopic (exact) mass is 320 g/mol. The van der Waals surface area contributed by atoms with Crippen molar-refractivity contribution in [3.05, 3.63) is 89.0 Å². The van der Waals surface area contributed by atoms with Gasteiger partial charge >= 0.3 is 0 Å². The first-order valence-corrected chi connectivity index (χ1v) is 7.65. The molecule has 0 saturated heterocycles. The van der Waals surface area contributed by atoms with Gasteiger partial charge in [-0.2, -0.15) is 5.10 Å². The van der Waals surface area contributed by atoms with Crippen molar-refractivity contribution in [3.8, 4) is 5.69 Å². The van der Waals surface area contributed by atoms with Gasteiger partial charge in [0, 0.05) is 0 Å². The molecule has 0 atom stereocenters. The van der Waals surface area contributed by atoms with Crippen molar-refractivity contribution in [1.29, 1.82) is 0 Å². The van der Waals surface area contributed by atoms with E-state index < -0.39 is 0 Å². The van der Waals surface area contributed by atoms with Crippen LogP contribution in [0.15, 0.2) is 60.8 Å². The number of carbonyl (C=O) groups excluding carboxylic acids is 1. The number of ketones is 1. The first-order valence-electron chi connectivity index (χ1n) is 7.65. The summed E-state index contributed by atoms with van der Waals surface area (Å²) in [6, 6.07) is 13.9. The van der Waals surface area contributed by atoms with E-state index in [2.05, 4.69) is 5.10 Å². The molecule has 3 aromatic rings. The summed E-state index contributed by atoms with van der Waals surface area (Å²) in [6.07, 6.45) is 4.91. The molecular weight excluding hydrogens is 303 g/mol. The molecule has 0 aliphatic heterocycles. The van der Waals surface area contributed by atoms with E-state index in [0.29, 0.717) is 5.56 Å². The van der Waals surface area contributed by atoms with Crippen LogP contribution in [0.1, 0.15) is 27.2 Å². The van der Waals surface area contributed by atoms with E-state index in [1.807, 2.05) is 44.2 Å². The Morgan fingerprint density at radius 3 is 2.50 bits per heavy atom. The molecule has 0 radical (unpaired) electrons. The second-order valence-electron chi connectivity index (χ2n) is 5.59. The number of halogens is 1. The van der Waals surface area contributed by atoms with Crippen molar-refractivity contribution in [3.63, 3.8) is 0 Å². The molecule has 0 spiro atoms. The second kappa shape index (κ2) is 6.62. The Balaban J connectivity index is 1.86. The molecule has 0 aliphatic rings. The maximum absolute atomic E-state index is 13.0. The topological polar surface area (TPSA) is 34.9 Å². The summed E-state index contributed by atoms with van der Waals surface area (Å²) in [5, 5.41) is 4.25. The van der Waals surface area contributed by atoms with Crippen LogP contribution in [0.25, 0.3) is 11.8 Å². The fourth-order valence-electron chi connectivity index (χ4n) is 2.52. The van der Waals surface area contributed by atoms with Crippen LogP contribution in [0.5, 0.6) is 0 Å². The number of allylic oxidation sites excluding steroid dienone is 1. The number of aryl methyl sites for hydroxylation is 1. The van der Waals surface area contributed by atoms with Gasteiger partial charge in [-0.15, -0.1) is 0 Å². The molecule has 2 aromatic carbocycles. The van der Waals surface area contributed by atoms with E-state index in [1.165, 1.54) is 12.1 Å². The summed E-state index contributed by atoms with van der Waals surface area (Å²) >= 11 is 0. The van der Waals surface area contributed by atoms with Crippen LogP contribution in [0.3, 0.4) is 0 Å². The zero-order chi connectivity index (χ0) is 17.1. The smallest absolute Gasteiger partial charge is 0.189 e. The summed E-state index contributed by atoms with van der Waals surface area (Å²) in [4.78, 5) is 12.4. The molecule has 0 amide bonds. The fourth-order valence-corrected chi connectivity index (χ4v) is 2.52. The number of carbonyl (C=O) groups is 1. The highest BCUT2D eigenvalue weighted by atomic mass is 19.1. The number of rotatable bonds is 4. The highest BCUT2D eigenvalue weighted by Gasteiger charge is 2.13. The largest absolute Gasteiger partial charge is 0.289 e. The third-order valence-corrected chi connectivity index (χ3v) is 3.95. The molecule has 0 saturated carbocycles. The molecule has 120 valence electrons. The van der Waals surface area contributed by atoms with Crippen molar-refractivity contribution < 1.29 is 9.18 Å². The lowest BCUT2D eigenvalue weighted by Crippen LogP contribution is -2.01. The average Bonchev–Trinajstić information content (AvgIpc) is 2.96. The lowest BCUT2D eigenvalue weighted by atomic mass is 10.1. The summed E-state index contributed by atoms with van der Waals surface area (Å²) in [6.45, 7) is 3.83. The van der Waals surface area contributed by atoms with Crippen LogP contribution in [0.4, 0.5) is 4.39 Å². The third kappa shape index (κ3) is 3.18. The van der Waals surface area contributed by atoms with Crippen molar-refractivity contribution >= 4 is 11.9 Å².